The number of hydrogen-bond acceptors (Lipinski definition) is 6. The molecular weight excluding hydrogens is 739 g/mol. The molecule has 0 aromatic rings. The third kappa shape index (κ3) is 41.0. The summed E-state index contributed by atoms with van der Waals surface area (Å²) in [5.41, 5.74) is 0. The number of esters is 2. The molecule has 2 unspecified atom stereocenters. The number of allylic oxidation sites excluding steroid dienone is 4. The first-order chi connectivity index (χ1) is 28.6. The first-order valence-corrected chi connectivity index (χ1v) is 24.9. The largest absolute Gasteiger partial charge is 0.477 e. The summed E-state index contributed by atoms with van der Waals surface area (Å²) in [6.07, 6.45) is 47.9. The fourth-order valence-corrected chi connectivity index (χ4v) is 7.43. The van der Waals surface area contributed by atoms with Crippen molar-refractivity contribution in [3.8, 4) is 0 Å². The number of unbranched alkanes of at least 4 members (excludes halogenated alkanes) is 27. The fraction of sp³-hybridized carbons (Fsp3) is 0.863. The quantitative estimate of drug-likeness (QED) is 0.0282. The summed E-state index contributed by atoms with van der Waals surface area (Å²) in [7, 11) is 5.53. The van der Waals surface area contributed by atoms with Crippen LogP contribution < -0.4 is 0 Å². The van der Waals surface area contributed by atoms with E-state index in [9.17, 15) is 19.5 Å². The fourth-order valence-electron chi connectivity index (χ4n) is 7.43. The second-order valence-corrected chi connectivity index (χ2v) is 18.1. The van der Waals surface area contributed by atoms with Gasteiger partial charge in [0.05, 0.1) is 34.4 Å². The van der Waals surface area contributed by atoms with Gasteiger partial charge in [-0.1, -0.05) is 173 Å². The molecule has 0 radical (unpaired) electrons. The summed E-state index contributed by atoms with van der Waals surface area (Å²) in [6.45, 7) is 4.74. The second-order valence-electron chi connectivity index (χ2n) is 18.1. The van der Waals surface area contributed by atoms with Gasteiger partial charge in [0.1, 0.15) is 6.61 Å². The molecule has 0 amide bonds. The highest BCUT2D eigenvalue weighted by Gasteiger charge is 2.31. The van der Waals surface area contributed by atoms with Crippen LogP contribution in [-0.4, -0.2) is 80.6 Å². The molecule has 0 saturated heterocycles. The van der Waals surface area contributed by atoms with Crippen molar-refractivity contribution in [2.24, 2.45) is 0 Å². The number of hydrogen-bond donors (Lipinski definition) is 1. The van der Waals surface area contributed by atoms with E-state index in [4.69, 9.17) is 14.2 Å². The Morgan fingerprint density at radius 3 is 1.22 bits per heavy atom. The van der Waals surface area contributed by atoms with Gasteiger partial charge in [-0.05, 0) is 64.2 Å². The molecule has 0 saturated carbocycles. The molecule has 2 atom stereocenters. The van der Waals surface area contributed by atoms with Crippen LogP contribution in [0.15, 0.2) is 24.3 Å². The predicted octanol–water partition coefficient (Wildman–Crippen LogP) is 14.0. The van der Waals surface area contributed by atoms with Crippen LogP contribution in [-0.2, 0) is 28.6 Å². The van der Waals surface area contributed by atoms with E-state index in [1.54, 1.807) is 0 Å². The summed E-state index contributed by atoms with van der Waals surface area (Å²) >= 11 is 0. The molecule has 1 N–H and O–H groups in total. The van der Waals surface area contributed by atoms with Crippen LogP contribution in [0.4, 0.5) is 0 Å². The zero-order valence-electron chi connectivity index (χ0n) is 39.5. The van der Waals surface area contributed by atoms with Crippen LogP contribution in [0.3, 0.4) is 0 Å². The molecule has 0 aliphatic heterocycles. The van der Waals surface area contributed by atoms with Gasteiger partial charge in [0, 0.05) is 19.3 Å². The van der Waals surface area contributed by atoms with Crippen molar-refractivity contribution in [2.45, 2.75) is 244 Å². The number of aliphatic carboxylic acids is 1. The van der Waals surface area contributed by atoms with Crippen molar-refractivity contribution in [3.05, 3.63) is 24.3 Å². The minimum atomic E-state index is -0.874. The monoisotopic (exact) mass is 835 g/mol. The van der Waals surface area contributed by atoms with Crippen molar-refractivity contribution in [1.29, 1.82) is 0 Å². The van der Waals surface area contributed by atoms with E-state index < -0.39 is 18.1 Å². The Bertz CT molecular complexity index is 1020. The molecule has 346 valence electrons. The van der Waals surface area contributed by atoms with E-state index in [2.05, 4.69) is 38.2 Å². The number of likely N-dealkylation sites (N-methyl/N-ethyl adjacent to an activating group) is 1. The third-order valence-electron chi connectivity index (χ3n) is 11.3. The maximum atomic E-state index is 12.8. The van der Waals surface area contributed by atoms with Crippen molar-refractivity contribution in [3.63, 3.8) is 0 Å². The normalized spacial score (nSPS) is 13.0. The molecule has 0 heterocycles. The Labute approximate surface area is 364 Å². The van der Waals surface area contributed by atoms with Gasteiger partial charge in [0.2, 0.25) is 0 Å². The van der Waals surface area contributed by atoms with Gasteiger partial charge in [-0.25, -0.2) is 4.79 Å². The number of carbonyl (C=O) groups is 3. The molecular formula is C51H96NO7+. The first kappa shape index (κ1) is 56.8. The standard InChI is InChI=1S/C51H95NO7/c1-6-8-10-12-14-16-18-20-22-23-24-25-26-27-28-30-32-34-36-38-40-42-50(54)59-47(45-57-44-43-48(51(55)56)52(3,4)5)46-58-49(53)41-39-37-35-33-31-29-21-19-17-15-13-11-9-7-2/h19,21,23-24,47-48H,6-18,20,22,25-46H2,1-5H3/p+1/b21-19-,24-23-. The van der Waals surface area contributed by atoms with Crippen LogP contribution in [0.2, 0.25) is 0 Å². The number of nitrogens with zero attached hydrogens (tertiary/aromatic N) is 1. The van der Waals surface area contributed by atoms with Crippen molar-refractivity contribution >= 4 is 17.9 Å². The van der Waals surface area contributed by atoms with E-state index >= 15 is 0 Å². The minimum absolute atomic E-state index is 0.0528. The van der Waals surface area contributed by atoms with E-state index in [-0.39, 0.29) is 36.2 Å². The number of quaternary nitrogens is 1. The molecule has 0 spiro atoms. The third-order valence-corrected chi connectivity index (χ3v) is 11.3. The highest BCUT2D eigenvalue weighted by Crippen LogP contribution is 2.15. The number of carbonyl (C=O) groups excluding carboxylic acids is 2. The lowest BCUT2D eigenvalue weighted by molar-refractivity contribution is -0.887. The van der Waals surface area contributed by atoms with E-state index in [0.717, 1.165) is 44.9 Å². The average Bonchev–Trinajstić information content (AvgIpc) is 3.19. The van der Waals surface area contributed by atoms with Gasteiger partial charge in [-0.2, -0.15) is 0 Å². The molecule has 0 aliphatic rings. The van der Waals surface area contributed by atoms with Crippen LogP contribution in [0.25, 0.3) is 0 Å². The summed E-state index contributed by atoms with van der Waals surface area (Å²) in [6, 6.07) is -0.614. The Kier molecular flexibility index (Phi) is 40.9. The number of ether oxygens (including phenoxy) is 3. The summed E-state index contributed by atoms with van der Waals surface area (Å²) < 4.78 is 17.3. The van der Waals surface area contributed by atoms with Crippen LogP contribution >= 0.6 is 0 Å². The molecule has 0 bridgehead atoms. The van der Waals surface area contributed by atoms with E-state index in [1.807, 2.05) is 21.1 Å². The molecule has 0 aliphatic carbocycles. The maximum Gasteiger partial charge on any atom is 0.362 e. The average molecular weight is 835 g/mol. The lowest BCUT2D eigenvalue weighted by Gasteiger charge is -2.31. The van der Waals surface area contributed by atoms with Crippen molar-refractivity contribution in [2.75, 3.05) is 41.0 Å². The van der Waals surface area contributed by atoms with Gasteiger partial charge in [-0.3, -0.25) is 9.59 Å². The maximum absolute atomic E-state index is 12.8. The molecule has 8 heteroatoms. The van der Waals surface area contributed by atoms with Gasteiger partial charge in [-0.15, -0.1) is 0 Å². The van der Waals surface area contributed by atoms with E-state index in [1.165, 1.54) is 154 Å². The summed E-state index contributed by atoms with van der Waals surface area (Å²) in [5, 5.41) is 9.64. The van der Waals surface area contributed by atoms with Crippen molar-refractivity contribution < 1.29 is 38.2 Å². The lowest BCUT2D eigenvalue weighted by Crippen LogP contribution is -2.50. The SMILES string of the molecule is CCCCCCC/C=C\CCCCCCCC(=O)OCC(COCCC(C(=O)O)[N+](C)(C)C)OC(=O)CCCCCCCCCCC/C=C\CCCCCCCCCC. The zero-order chi connectivity index (χ0) is 43.5. The lowest BCUT2D eigenvalue weighted by atomic mass is 10.1. The Hall–Kier alpha value is -2.19. The topological polar surface area (TPSA) is 99.1 Å². The van der Waals surface area contributed by atoms with Gasteiger partial charge in [0.15, 0.2) is 12.1 Å². The highest BCUT2D eigenvalue weighted by atomic mass is 16.6. The van der Waals surface area contributed by atoms with Crippen molar-refractivity contribution in [1.82, 2.24) is 0 Å². The minimum Gasteiger partial charge on any atom is -0.477 e. The molecule has 8 nitrogen and oxygen atoms in total. The van der Waals surface area contributed by atoms with Crippen LogP contribution in [0, 0.1) is 0 Å². The molecule has 0 rings (SSSR count). The van der Waals surface area contributed by atoms with Gasteiger partial charge < -0.3 is 23.8 Å². The van der Waals surface area contributed by atoms with E-state index in [0.29, 0.717) is 19.3 Å². The number of rotatable bonds is 45. The molecule has 0 fully saturated rings. The first-order valence-electron chi connectivity index (χ1n) is 24.9. The molecule has 0 aromatic carbocycles. The summed E-state index contributed by atoms with van der Waals surface area (Å²) in [4.78, 5) is 37.1. The zero-order valence-corrected chi connectivity index (χ0v) is 39.5. The Balaban J connectivity index is 4.24. The Morgan fingerprint density at radius 2 is 0.847 bits per heavy atom. The predicted molar refractivity (Wildman–Crippen MR) is 248 cm³/mol. The summed E-state index contributed by atoms with van der Waals surface area (Å²) in [5.74, 6) is -1.47. The van der Waals surface area contributed by atoms with Crippen LogP contribution in [0.1, 0.15) is 232 Å². The number of carboxylic acids is 1. The second kappa shape index (κ2) is 42.5. The number of carboxylic acid groups (broad SMARTS) is 1. The highest BCUT2D eigenvalue weighted by molar-refractivity contribution is 5.72. The molecule has 0 aromatic heterocycles. The van der Waals surface area contributed by atoms with Gasteiger partial charge in [0.25, 0.3) is 0 Å². The van der Waals surface area contributed by atoms with Gasteiger partial charge >= 0.3 is 17.9 Å². The smallest absolute Gasteiger partial charge is 0.362 e. The molecule has 59 heavy (non-hydrogen) atoms. The van der Waals surface area contributed by atoms with Crippen LogP contribution in [0.5, 0.6) is 0 Å². The Morgan fingerprint density at radius 1 is 0.492 bits per heavy atom.